The predicted molar refractivity (Wildman–Crippen MR) is 53.9 cm³/mol. The molecule has 1 N–H and O–H groups in total. The maximum atomic E-state index is 11.0. The quantitative estimate of drug-likeness (QED) is 0.734. The molecule has 0 aliphatic heterocycles. The maximum absolute atomic E-state index is 11.0. The maximum Gasteiger partial charge on any atom is 0.411 e. The van der Waals surface area contributed by atoms with E-state index in [0.29, 0.717) is 0 Å². The molecule has 0 atom stereocenters. The van der Waals surface area contributed by atoms with Gasteiger partial charge in [-0.3, -0.25) is 5.32 Å². The fourth-order valence-electron chi connectivity index (χ4n) is 0.933. The number of nitrogens with one attached hydrogen (secondary N) is 1. The van der Waals surface area contributed by atoms with E-state index in [1.165, 1.54) is 0 Å². The minimum atomic E-state index is -1.54. The highest BCUT2D eigenvalue weighted by molar-refractivity contribution is 5.88. The van der Waals surface area contributed by atoms with Crippen LogP contribution in [0.1, 0.15) is 5.56 Å². The number of alkyl carbamates (subject to hydrolysis) is 1. The summed E-state index contributed by atoms with van der Waals surface area (Å²) < 4.78 is 4.75. The van der Waals surface area contributed by atoms with Crippen LogP contribution in [0.25, 0.3) is 0 Å². The van der Waals surface area contributed by atoms with Gasteiger partial charge in [0.1, 0.15) is 6.61 Å². The Balaban J connectivity index is 2.36. The molecule has 16 heavy (non-hydrogen) atoms. The summed E-state index contributed by atoms with van der Waals surface area (Å²) in [5.74, 6) is -1.54. The molecule has 0 unspecified atom stereocenters. The smallest absolute Gasteiger partial charge is 0.411 e. The highest BCUT2D eigenvalue weighted by Gasteiger charge is 2.04. The average Bonchev–Trinajstić information content (AvgIpc) is 2.27. The van der Waals surface area contributed by atoms with Crippen molar-refractivity contribution in [2.24, 2.45) is 0 Å². The third kappa shape index (κ3) is 3.83. The van der Waals surface area contributed by atoms with E-state index < -0.39 is 17.8 Å². The molecule has 1 amide bonds. The molecule has 0 bridgehead atoms. The highest BCUT2D eigenvalue weighted by Crippen LogP contribution is 2.00. The summed E-state index contributed by atoms with van der Waals surface area (Å²) in [6, 6.07) is 9.00. The van der Waals surface area contributed by atoms with Crippen LogP contribution in [0.4, 0.5) is 4.79 Å². The van der Waals surface area contributed by atoms with Gasteiger partial charge in [0.25, 0.3) is 0 Å². The van der Waals surface area contributed by atoms with E-state index in [1.54, 1.807) is 24.3 Å². The first-order chi connectivity index (χ1) is 7.59. The third-order valence-electron chi connectivity index (χ3n) is 1.71. The van der Waals surface area contributed by atoms with Crippen molar-refractivity contribution in [3.63, 3.8) is 0 Å². The van der Waals surface area contributed by atoms with E-state index in [2.05, 4.69) is 6.58 Å². The van der Waals surface area contributed by atoms with Crippen molar-refractivity contribution >= 4 is 12.1 Å². The number of hydrogen-bond donors (Lipinski definition) is 1. The first-order valence-corrected chi connectivity index (χ1v) is 4.47. The second-order valence-electron chi connectivity index (χ2n) is 2.95. The van der Waals surface area contributed by atoms with Crippen LogP contribution in [-0.4, -0.2) is 12.1 Å². The van der Waals surface area contributed by atoms with E-state index in [-0.39, 0.29) is 6.61 Å². The van der Waals surface area contributed by atoms with Gasteiger partial charge in [0.05, 0.1) is 11.7 Å². The van der Waals surface area contributed by atoms with Gasteiger partial charge in [0.15, 0.2) is 0 Å². The molecule has 0 aromatic heterocycles. The van der Waals surface area contributed by atoms with Crippen molar-refractivity contribution in [1.82, 2.24) is 5.32 Å². The van der Waals surface area contributed by atoms with Crippen LogP contribution in [0, 0.1) is 0 Å². The van der Waals surface area contributed by atoms with Gasteiger partial charge in [0.2, 0.25) is 0 Å². The van der Waals surface area contributed by atoms with Gasteiger partial charge in [-0.2, -0.15) is 0 Å². The van der Waals surface area contributed by atoms with Gasteiger partial charge in [0, 0.05) is 0 Å². The molecule has 0 aliphatic carbocycles. The lowest BCUT2D eigenvalue weighted by molar-refractivity contribution is -0.299. The van der Waals surface area contributed by atoms with Crippen LogP contribution in [0.5, 0.6) is 0 Å². The molecule has 1 rings (SSSR count). The van der Waals surface area contributed by atoms with Crippen molar-refractivity contribution in [3.8, 4) is 0 Å². The number of hydrogen-bond acceptors (Lipinski definition) is 4. The molecule has 5 nitrogen and oxygen atoms in total. The molecule has 0 aliphatic rings. The number of carboxylic acid groups (broad SMARTS) is 1. The lowest BCUT2D eigenvalue weighted by atomic mass is 10.2. The summed E-state index contributed by atoms with van der Waals surface area (Å²) >= 11 is 0. The third-order valence-corrected chi connectivity index (χ3v) is 1.71. The van der Waals surface area contributed by atoms with Crippen LogP contribution < -0.4 is 10.4 Å². The van der Waals surface area contributed by atoms with Crippen LogP contribution >= 0.6 is 0 Å². The number of carbonyl (C=O) groups excluding carboxylic acids is 2. The number of aliphatic carboxylic acids is 1. The average molecular weight is 220 g/mol. The van der Waals surface area contributed by atoms with Crippen LogP contribution in [-0.2, 0) is 16.1 Å². The van der Waals surface area contributed by atoms with Crippen molar-refractivity contribution in [2.75, 3.05) is 0 Å². The molecule has 5 heteroatoms. The first-order valence-electron chi connectivity index (χ1n) is 4.47. The molecule has 0 saturated heterocycles. The van der Waals surface area contributed by atoms with Crippen molar-refractivity contribution in [1.29, 1.82) is 0 Å². The topological polar surface area (TPSA) is 78.5 Å². The largest absolute Gasteiger partial charge is 0.543 e. The number of carbonyl (C=O) groups is 2. The fourth-order valence-corrected chi connectivity index (χ4v) is 0.933. The minimum absolute atomic E-state index is 0.0625. The molecule has 1 aromatic rings. The lowest BCUT2D eigenvalue weighted by Crippen LogP contribution is -2.35. The van der Waals surface area contributed by atoms with Gasteiger partial charge in [-0.05, 0) is 5.56 Å². The molecule has 0 radical (unpaired) electrons. The van der Waals surface area contributed by atoms with Crippen LogP contribution in [0.15, 0.2) is 42.6 Å². The summed E-state index contributed by atoms with van der Waals surface area (Å²) in [4.78, 5) is 21.3. The van der Waals surface area contributed by atoms with Crippen molar-refractivity contribution in [2.45, 2.75) is 6.61 Å². The zero-order chi connectivity index (χ0) is 12.0. The standard InChI is InChI=1S/C11H11NO4/c1-8(10(13)14)12-11(15)16-7-9-5-3-2-4-6-9/h2-6H,1,7H2,(H,12,15)(H,13,14)/p-1. The minimum Gasteiger partial charge on any atom is -0.543 e. The van der Waals surface area contributed by atoms with E-state index in [1.807, 2.05) is 11.4 Å². The molecule has 0 saturated carbocycles. The van der Waals surface area contributed by atoms with E-state index in [0.717, 1.165) is 5.56 Å². The summed E-state index contributed by atoms with van der Waals surface area (Å²) in [7, 11) is 0. The zero-order valence-electron chi connectivity index (χ0n) is 8.43. The second kappa shape index (κ2) is 5.55. The van der Waals surface area contributed by atoms with E-state index >= 15 is 0 Å². The zero-order valence-corrected chi connectivity index (χ0v) is 8.43. The fraction of sp³-hybridized carbons (Fsp3) is 0.0909. The Labute approximate surface area is 92.3 Å². The molecule has 0 spiro atoms. The van der Waals surface area contributed by atoms with Crippen molar-refractivity contribution in [3.05, 3.63) is 48.2 Å². The van der Waals surface area contributed by atoms with Gasteiger partial charge in [-0.1, -0.05) is 36.9 Å². The lowest BCUT2D eigenvalue weighted by Gasteiger charge is -2.09. The van der Waals surface area contributed by atoms with Crippen LogP contribution in [0.3, 0.4) is 0 Å². The monoisotopic (exact) mass is 220 g/mol. The van der Waals surface area contributed by atoms with E-state index in [9.17, 15) is 14.7 Å². The van der Waals surface area contributed by atoms with Gasteiger partial charge in [-0.25, -0.2) is 4.79 Å². The number of ether oxygens (including phenoxy) is 1. The molecule has 1 aromatic carbocycles. The Kier molecular flexibility index (Phi) is 4.08. The molecular weight excluding hydrogens is 210 g/mol. The summed E-state index contributed by atoms with van der Waals surface area (Å²) in [6.07, 6.45) is -0.877. The number of carboxylic acids is 1. The Morgan fingerprint density at radius 2 is 1.94 bits per heavy atom. The van der Waals surface area contributed by atoms with Crippen LogP contribution in [0.2, 0.25) is 0 Å². The van der Waals surface area contributed by atoms with E-state index in [4.69, 9.17) is 4.74 Å². The molecule has 84 valence electrons. The summed E-state index contributed by atoms with van der Waals surface area (Å²) in [5.41, 5.74) is 0.273. The summed E-state index contributed by atoms with van der Waals surface area (Å²) in [6.45, 7) is 3.14. The Morgan fingerprint density at radius 3 is 2.50 bits per heavy atom. The normalized spacial score (nSPS) is 9.25. The van der Waals surface area contributed by atoms with Crippen molar-refractivity contribution < 1.29 is 19.4 Å². The van der Waals surface area contributed by atoms with Gasteiger partial charge in [-0.15, -0.1) is 0 Å². The Morgan fingerprint density at radius 1 is 1.31 bits per heavy atom. The predicted octanol–water partition coefficient (Wildman–Crippen LogP) is 0.176. The first kappa shape index (κ1) is 11.8. The number of benzene rings is 1. The van der Waals surface area contributed by atoms with Gasteiger partial charge >= 0.3 is 6.09 Å². The molecular formula is C11H10NO4-. The SMILES string of the molecule is C=C(NC(=O)OCc1ccccc1)C(=O)[O-]. The Hall–Kier alpha value is -2.30. The molecule has 0 heterocycles. The van der Waals surface area contributed by atoms with Gasteiger partial charge < -0.3 is 14.6 Å². The number of rotatable bonds is 4. The Bertz CT molecular complexity index is 400. The number of amides is 1. The second-order valence-corrected chi connectivity index (χ2v) is 2.95. The summed E-state index contributed by atoms with van der Waals surface area (Å²) in [5, 5.41) is 12.2. The molecule has 0 fully saturated rings. The highest BCUT2D eigenvalue weighted by atomic mass is 16.5.